The number of likely N-dealkylation sites (tertiary alicyclic amines) is 1. The number of piperidine rings is 2. The van der Waals surface area contributed by atoms with E-state index >= 15 is 0 Å². The van der Waals surface area contributed by atoms with E-state index in [2.05, 4.69) is 19.6 Å². The first-order chi connectivity index (χ1) is 19.7. The van der Waals surface area contributed by atoms with Gasteiger partial charge in [-0.3, -0.25) is 4.90 Å². The number of piperazine rings is 1. The Kier molecular flexibility index (Phi) is 7.11. The first kappa shape index (κ1) is 25.5. The molecule has 0 radical (unpaired) electrons. The maximum atomic E-state index is 14.3. The molecule has 0 unspecified atom stereocenters. The summed E-state index contributed by atoms with van der Waals surface area (Å²) in [5, 5.41) is 4.88. The zero-order valence-electron chi connectivity index (χ0n) is 23.0. The fourth-order valence-corrected chi connectivity index (χ4v) is 6.56. The molecular weight excluding hydrogens is 507 g/mol. The molecule has 0 aliphatic carbocycles. The van der Waals surface area contributed by atoms with Crippen LogP contribution in [0.5, 0.6) is 0 Å². The van der Waals surface area contributed by atoms with Gasteiger partial charge in [-0.2, -0.15) is 4.52 Å². The summed E-state index contributed by atoms with van der Waals surface area (Å²) >= 11 is 0. The van der Waals surface area contributed by atoms with Gasteiger partial charge in [0, 0.05) is 63.6 Å². The molecule has 1 aromatic carbocycles. The molecule has 10 heteroatoms. The number of halogens is 1. The molecule has 0 spiro atoms. The number of fused-ring (bicyclic) bond motifs is 1. The summed E-state index contributed by atoms with van der Waals surface area (Å²) in [4.78, 5) is 19.5. The van der Waals surface area contributed by atoms with Crippen molar-refractivity contribution < 1.29 is 8.81 Å². The van der Waals surface area contributed by atoms with Crippen molar-refractivity contribution in [3.63, 3.8) is 0 Å². The molecule has 4 aromatic rings. The van der Waals surface area contributed by atoms with Crippen LogP contribution in [-0.4, -0.2) is 87.8 Å². The Labute approximate surface area is 234 Å². The van der Waals surface area contributed by atoms with E-state index in [1.807, 2.05) is 35.0 Å². The van der Waals surface area contributed by atoms with E-state index in [0.29, 0.717) is 23.3 Å². The molecular formula is C30H37FN8O. The number of hydrogen-bond donors (Lipinski definition) is 0. The van der Waals surface area contributed by atoms with Crippen molar-refractivity contribution in [2.24, 2.45) is 0 Å². The van der Waals surface area contributed by atoms with Gasteiger partial charge in [0.1, 0.15) is 5.82 Å². The molecule has 0 amide bonds. The Hall–Kier alpha value is -3.50. The van der Waals surface area contributed by atoms with Crippen molar-refractivity contribution in [2.75, 3.05) is 62.2 Å². The number of rotatable bonds is 6. The molecule has 0 saturated carbocycles. The molecule has 40 heavy (non-hydrogen) atoms. The quantitative estimate of drug-likeness (QED) is 0.356. The highest BCUT2D eigenvalue weighted by Gasteiger charge is 2.29. The highest BCUT2D eigenvalue weighted by molar-refractivity contribution is 5.58. The van der Waals surface area contributed by atoms with Gasteiger partial charge in [0.2, 0.25) is 11.8 Å². The average molecular weight is 545 g/mol. The van der Waals surface area contributed by atoms with Crippen molar-refractivity contribution in [1.82, 2.24) is 29.4 Å². The van der Waals surface area contributed by atoms with Crippen molar-refractivity contribution in [3.05, 3.63) is 60.2 Å². The minimum absolute atomic E-state index is 0.161. The fraction of sp³-hybridized carbons (Fsp3) is 0.500. The van der Waals surface area contributed by atoms with Crippen LogP contribution in [0.25, 0.3) is 17.2 Å². The molecule has 9 nitrogen and oxygen atoms in total. The van der Waals surface area contributed by atoms with Crippen LogP contribution in [-0.2, 0) is 6.54 Å². The summed E-state index contributed by atoms with van der Waals surface area (Å²) in [5.74, 6) is 1.92. The third-order valence-corrected chi connectivity index (χ3v) is 8.77. The van der Waals surface area contributed by atoms with Gasteiger partial charge in [-0.05, 0) is 63.0 Å². The van der Waals surface area contributed by atoms with Crippen molar-refractivity contribution >= 4 is 17.3 Å². The van der Waals surface area contributed by atoms with E-state index in [0.717, 1.165) is 75.8 Å². The number of para-hydroxylation sites is 1. The second-order valence-corrected chi connectivity index (χ2v) is 11.3. The minimum Gasteiger partial charge on any atom is -0.461 e. The molecule has 0 bridgehead atoms. The molecule has 3 aliphatic rings. The third-order valence-electron chi connectivity index (χ3n) is 8.77. The Morgan fingerprint density at radius 1 is 0.850 bits per heavy atom. The van der Waals surface area contributed by atoms with Crippen LogP contribution in [0.4, 0.5) is 16.0 Å². The van der Waals surface area contributed by atoms with Crippen LogP contribution in [0.3, 0.4) is 0 Å². The first-order valence-electron chi connectivity index (χ1n) is 14.7. The molecule has 7 rings (SSSR count). The first-order valence-corrected chi connectivity index (χ1v) is 14.7. The zero-order chi connectivity index (χ0) is 26.9. The number of aromatic nitrogens is 4. The lowest BCUT2D eigenvalue weighted by Crippen LogP contribution is -2.47. The van der Waals surface area contributed by atoms with Crippen LogP contribution < -0.4 is 9.80 Å². The Morgan fingerprint density at radius 3 is 2.40 bits per heavy atom. The van der Waals surface area contributed by atoms with Gasteiger partial charge in [0.25, 0.3) is 0 Å². The van der Waals surface area contributed by atoms with E-state index in [1.165, 1.54) is 38.4 Å². The summed E-state index contributed by atoms with van der Waals surface area (Å²) in [5.41, 5.74) is 2.54. The van der Waals surface area contributed by atoms with Crippen molar-refractivity contribution in [2.45, 2.75) is 44.7 Å². The van der Waals surface area contributed by atoms with Crippen LogP contribution in [0.15, 0.2) is 53.3 Å². The van der Waals surface area contributed by atoms with E-state index in [1.54, 1.807) is 12.3 Å². The molecule has 3 aliphatic heterocycles. The Balaban J connectivity index is 1.10. The maximum absolute atomic E-state index is 14.3. The van der Waals surface area contributed by atoms with E-state index in [-0.39, 0.29) is 5.82 Å². The number of anilines is 2. The van der Waals surface area contributed by atoms with Crippen LogP contribution >= 0.6 is 0 Å². The van der Waals surface area contributed by atoms with Crippen LogP contribution in [0.2, 0.25) is 0 Å². The Morgan fingerprint density at radius 2 is 1.65 bits per heavy atom. The third kappa shape index (κ3) is 5.06. The lowest BCUT2D eigenvalue weighted by molar-refractivity contribution is 0.141. The van der Waals surface area contributed by atoms with Gasteiger partial charge in [-0.15, -0.1) is 5.10 Å². The summed E-state index contributed by atoms with van der Waals surface area (Å²) in [6, 6.07) is 11.5. The largest absolute Gasteiger partial charge is 0.461 e. The molecule has 3 fully saturated rings. The van der Waals surface area contributed by atoms with Gasteiger partial charge in [-0.1, -0.05) is 18.6 Å². The number of furan rings is 1. The number of benzene rings is 1. The van der Waals surface area contributed by atoms with Gasteiger partial charge in [0.05, 0.1) is 12.0 Å². The Bertz CT molecular complexity index is 1420. The molecule has 210 valence electrons. The molecule has 6 heterocycles. The predicted molar refractivity (Wildman–Crippen MR) is 153 cm³/mol. The fourth-order valence-electron chi connectivity index (χ4n) is 6.56. The summed E-state index contributed by atoms with van der Waals surface area (Å²) in [6.07, 6.45) is 9.96. The summed E-state index contributed by atoms with van der Waals surface area (Å²) in [6.45, 7) is 8.37. The van der Waals surface area contributed by atoms with E-state index in [9.17, 15) is 4.39 Å². The molecule has 3 aromatic heterocycles. The van der Waals surface area contributed by atoms with Gasteiger partial charge >= 0.3 is 0 Å². The standard InChI is InChI=1S/C30H37FN8O/c31-25-7-2-3-8-26(25)37-18-16-35(17-19-37)22-23-21-32-30(39-29(23)33-28(34-39)27-9-6-20-40-27)38-14-10-24(11-15-38)36-12-4-1-5-13-36/h2-3,6-9,20-21,24H,1,4-5,10-19,22H2. The predicted octanol–water partition coefficient (Wildman–Crippen LogP) is 4.30. The second kappa shape index (κ2) is 11.2. The maximum Gasteiger partial charge on any atom is 0.228 e. The van der Waals surface area contributed by atoms with Crippen molar-refractivity contribution in [1.29, 1.82) is 0 Å². The lowest BCUT2D eigenvalue weighted by atomic mass is 10.00. The summed E-state index contributed by atoms with van der Waals surface area (Å²) < 4.78 is 21.9. The van der Waals surface area contributed by atoms with Gasteiger partial charge in [0.15, 0.2) is 11.4 Å². The monoisotopic (exact) mass is 544 g/mol. The topological polar surface area (TPSA) is 69.2 Å². The highest BCUT2D eigenvalue weighted by atomic mass is 19.1. The smallest absolute Gasteiger partial charge is 0.228 e. The van der Waals surface area contributed by atoms with E-state index in [4.69, 9.17) is 19.5 Å². The van der Waals surface area contributed by atoms with Gasteiger partial charge < -0.3 is 19.1 Å². The highest BCUT2D eigenvalue weighted by Crippen LogP contribution is 2.27. The number of hydrogen-bond acceptors (Lipinski definition) is 8. The SMILES string of the molecule is Fc1ccccc1N1CCN(Cc2cnc(N3CCC(N4CCCCC4)CC3)n3nc(-c4ccco4)nc23)CC1. The average Bonchev–Trinajstić information content (AvgIpc) is 3.70. The molecule has 0 N–H and O–H groups in total. The molecule has 3 saturated heterocycles. The molecule has 0 atom stereocenters. The van der Waals surface area contributed by atoms with Crippen LogP contribution in [0.1, 0.15) is 37.7 Å². The van der Waals surface area contributed by atoms with Gasteiger partial charge in [-0.25, -0.2) is 14.4 Å². The number of nitrogens with zero attached hydrogens (tertiary/aromatic N) is 8. The van der Waals surface area contributed by atoms with Crippen LogP contribution in [0, 0.1) is 5.82 Å². The minimum atomic E-state index is -0.161. The van der Waals surface area contributed by atoms with Crippen molar-refractivity contribution in [3.8, 4) is 11.6 Å². The zero-order valence-corrected chi connectivity index (χ0v) is 23.0. The normalized spacial score (nSPS) is 20.0. The second-order valence-electron chi connectivity index (χ2n) is 11.3. The summed E-state index contributed by atoms with van der Waals surface area (Å²) in [7, 11) is 0. The van der Waals surface area contributed by atoms with E-state index < -0.39 is 0 Å². The lowest BCUT2D eigenvalue weighted by Gasteiger charge is -2.40.